The van der Waals surface area contributed by atoms with Crippen LogP contribution in [0.5, 0.6) is 0 Å². The van der Waals surface area contributed by atoms with Crippen LogP contribution in [0.1, 0.15) is 0 Å². The van der Waals surface area contributed by atoms with Crippen LogP contribution in [0.2, 0.25) is 0 Å². The van der Waals surface area contributed by atoms with E-state index >= 15 is 0 Å². The maximum atomic E-state index is 12.7. The Hall–Kier alpha value is -1.92. The summed E-state index contributed by atoms with van der Waals surface area (Å²) in [4.78, 5) is 25.2. The monoisotopic (exact) mass is 360 g/mol. The minimum Gasteiger partial charge on any atom is -0.390 e. The molecule has 0 radical (unpaired) electrons. The Balaban J connectivity index is 2.15. The molecule has 0 saturated carbocycles. The minimum atomic E-state index is -0.685. The Kier molecular flexibility index (Phi) is 2.99. The summed E-state index contributed by atoms with van der Waals surface area (Å²) >= 11 is 3.36. The van der Waals surface area contributed by atoms with Crippen molar-refractivity contribution in [1.29, 1.82) is 0 Å². The molecule has 112 valence electrons. The smallest absolute Gasteiger partial charge is 0.273 e. The highest BCUT2D eigenvalue weighted by Gasteiger charge is 2.27. The molecule has 0 unspecified atom stereocenters. The first-order chi connectivity index (χ1) is 10.6. The van der Waals surface area contributed by atoms with Crippen LogP contribution in [0.4, 0.5) is 0 Å². The molecule has 0 aliphatic carbocycles. The molecule has 1 aliphatic heterocycles. The van der Waals surface area contributed by atoms with Crippen LogP contribution >= 0.6 is 15.9 Å². The molecule has 22 heavy (non-hydrogen) atoms. The van der Waals surface area contributed by atoms with E-state index in [1.165, 1.54) is 9.36 Å². The lowest BCUT2D eigenvalue weighted by Gasteiger charge is -2.28. The van der Waals surface area contributed by atoms with E-state index < -0.39 is 6.10 Å². The third-order valence-corrected chi connectivity index (χ3v) is 5.13. The Bertz CT molecular complexity index is 939. The van der Waals surface area contributed by atoms with Gasteiger partial charge in [0, 0.05) is 0 Å². The zero-order chi connectivity index (χ0) is 15.4. The molecular weight excluding hydrogens is 348 g/mol. The van der Waals surface area contributed by atoms with E-state index in [4.69, 9.17) is 0 Å². The van der Waals surface area contributed by atoms with E-state index in [1.54, 1.807) is 12.1 Å². The molecule has 0 bridgehead atoms. The normalized spacial score (nSPS) is 21.2. The summed E-state index contributed by atoms with van der Waals surface area (Å²) < 4.78 is 2.77. The second kappa shape index (κ2) is 4.79. The van der Waals surface area contributed by atoms with Crippen molar-refractivity contribution >= 4 is 37.5 Å². The first-order valence-electron chi connectivity index (χ1n) is 7.05. The first-order valence-corrected chi connectivity index (χ1v) is 7.96. The lowest BCUT2D eigenvalue weighted by molar-refractivity contribution is 0.104. The van der Waals surface area contributed by atoms with Gasteiger partial charge in [0.2, 0.25) is 0 Å². The summed E-state index contributed by atoms with van der Waals surface area (Å²) in [5.74, 6) is 0. The standard InChI is InChI=1S/C16H13BrN2O3/c17-13-7-18-15(21)11-5-9-3-1-2-4-10(9)6-12(11)16(22)19(18)8-14(13)20/h1-6,13-14,20H,7-8H2/t13-,14-/m0/s1. The molecule has 3 aromatic rings. The van der Waals surface area contributed by atoms with Crippen LogP contribution in [0.3, 0.4) is 0 Å². The highest BCUT2D eigenvalue weighted by atomic mass is 79.9. The Morgan fingerprint density at radius 1 is 0.955 bits per heavy atom. The molecule has 1 aliphatic rings. The topological polar surface area (TPSA) is 64.2 Å². The number of aliphatic hydroxyl groups is 1. The number of fused-ring (bicyclic) bond motifs is 3. The van der Waals surface area contributed by atoms with Crippen LogP contribution in [0, 0.1) is 0 Å². The zero-order valence-electron chi connectivity index (χ0n) is 11.6. The lowest BCUT2D eigenvalue weighted by atomic mass is 10.1. The number of aromatic nitrogens is 2. The molecule has 0 spiro atoms. The van der Waals surface area contributed by atoms with Gasteiger partial charge in [-0.25, -0.2) is 9.36 Å². The molecule has 1 N–H and O–H groups in total. The van der Waals surface area contributed by atoms with E-state index in [2.05, 4.69) is 15.9 Å². The van der Waals surface area contributed by atoms with Gasteiger partial charge in [-0.2, -0.15) is 0 Å². The minimum absolute atomic E-state index is 0.118. The molecule has 2 heterocycles. The van der Waals surface area contributed by atoms with Gasteiger partial charge in [-0.3, -0.25) is 9.59 Å². The van der Waals surface area contributed by atoms with E-state index in [9.17, 15) is 14.7 Å². The molecule has 1 aromatic heterocycles. The average Bonchev–Trinajstić information content (AvgIpc) is 2.53. The number of benzene rings is 2. The fourth-order valence-corrected chi connectivity index (χ4v) is 3.47. The van der Waals surface area contributed by atoms with Crippen molar-refractivity contribution in [2.75, 3.05) is 0 Å². The summed E-state index contributed by atoms with van der Waals surface area (Å²) in [7, 11) is 0. The zero-order valence-corrected chi connectivity index (χ0v) is 13.2. The maximum absolute atomic E-state index is 12.7. The van der Waals surface area contributed by atoms with Gasteiger partial charge in [0.05, 0.1) is 34.8 Å². The van der Waals surface area contributed by atoms with Gasteiger partial charge in [0.1, 0.15) is 0 Å². The van der Waals surface area contributed by atoms with Gasteiger partial charge < -0.3 is 5.11 Å². The van der Waals surface area contributed by atoms with Crippen LogP contribution in [-0.2, 0) is 13.1 Å². The Labute approximate surface area is 133 Å². The molecule has 5 nitrogen and oxygen atoms in total. The van der Waals surface area contributed by atoms with Crippen LogP contribution in [0.25, 0.3) is 21.5 Å². The highest BCUT2D eigenvalue weighted by Crippen LogP contribution is 2.20. The van der Waals surface area contributed by atoms with Gasteiger partial charge in [-0.15, -0.1) is 0 Å². The second-order valence-electron chi connectivity index (χ2n) is 5.60. The van der Waals surface area contributed by atoms with E-state index in [0.29, 0.717) is 10.8 Å². The van der Waals surface area contributed by atoms with E-state index in [1.807, 2.05) is 24.3 Å². The van der Waals surface area contributed by atoms with E-state index in [0.717, 1.165) is 10.8 Å². The van der Waals surface area contributed by atoms with Crippen molar-refractivity contribution in [3.8, 4) is 0 Å². The number of hydrogen-bond acceptors (Lipinski definition) is 3. The maximum Gasteiger partial charge on any atom is 0.273 e. The van der Waals surface area contributed by atoms with Crippen molar-refractivity contribution in [2.24, 2.45) is 0 Å². The predicted molar refractivity (Wildman–Crippen MR) is 88.7 cm³/mol. The van der Waals surface area contributed by atoms with Crippen LogP contribution in [-0.4, -0.2) is 25.4 Å². The number of halogens is 1. The molecule has 0 fully saturated rings. The van der Waals surface area contributed by atoms with Crippen molar-refractivity contribution in [1.82, 2.24) is 9.36 Å². The number of rotatable bonds is 0. The summed E-state index contributed by atoms with van der Waals surface area (Å²) in [6.45, 7) is 0.394. The molecule has 0 amide bonds. The van der Waals surface area contributed by atoms with Crippen molar-refractivity contribution in [3.63, 3.8) is 0 Å². The van der Waals surface area contributed by atoms with Crippen LogP contribution < -0.4 is 11.1 Å². The number of aliphatic hydroxyl groups excluding tert-OH is 1. The molecule has 4 rings (SSSR count). The summed E-state index contributed by atoms with van der Waals surface area (Å²) in [6.07, 6.45) is -0.685. The van der Waals surface area contributed by atoms with Gasteiger partial charge in [0.25, 0.3) is 11.1 Å². The SMILES string of the molecule is O=c1c2cc3ccccc3cc2c(=O)n2n1C[C@H](O)[C@@H](Br)C2. The fourth-order valence-electron chi connectivity index (χ4n) is 3.03. The Morgan fingerprint density at radius 3 is 2.00 bits per heavy atom. The number of alkyl halides is 1. The third kappa shape index (κ3) is 1.87. The van der Waals surface area contributed by atoms with Crippen molar-refractivity contribution < 1.29 is 5.11 Å². The molecular formula is C16H13BrN2O3. The van der Waals surface area contributed by atoms with E-state index in [-0.39, 0.29) is 29.0 Å². The number of nitrogens with zero attached hydrogens (tertiary/aromatic N) is 2. The molecule has 6 heteroatoms. The van der Waals surface area contributed by atoms with Gasteiger partial charge >= 0.3 is 0 Å². The van der Waals surface area contributed by atoms with Gasteiger partial charge in [-0.1, -0.05) is 40.2 Å². The number of hydrogen-bond donors (Lipinski definition) is 1. The average molecular weight is 361 g/mol. The van der Waals surface area contributed by atoms with Gasteiger partial charge in [0.15, 0.2) is 0 Å². The highest BCUT2D eigenvalue weighted by molar-refractivity contribution is 9.09. The molecule has 2 aromatic carbocycles. The lowest BCUT2D eigenvalue weighted by Crippen LogP contribution is -2.49. The summed E-state index contributed by atoms with van der Waals surface area (Å²) in [5, 5.41) is 12.6. The predicted octanol–water partition coefficient (Wildman–Crippen LogP) is 1.45. The second-order valence-corrected chi connectivity index (χ2v) is 6.78. The quantitative estimate of drug-likeness (QED) is 0.487. The fraction of sp³-hybridized carbons (Fsp3) is 0.250. The third-order valence-electron chi connectivity index (χ3n) is 4.23. The summed E-state index contributed by atoms with van der Waals surface area (Å²) in [5.41, 5.74) is -0.435. The molecule has 0 saturated heterocycles. The van der Waals surface area contributed by atoms with Crippen molar-refractivity contribution in [2.45, 2.75) is 24.0 Å². The largest absolute Gasteiger partial charge is 0.390 e. The Morgan fingerprint density at radius 2 is 1.45 bits per heavy atom. The van der Waals surface area contributed by atoms with Gasteiger partial charge in [-0.05, 0) is 22.9 Å². The first kappa shape index (κ1) is 13.7. The van der Waals surface area contributed by atoms with Crippen molar-refractivity contribution in [3.05, 3.63) is 57.1 Å². The molecule has 2 atom stereocenters. The summed E-state index contributed by atoms with van der Waals surface area (Å²) in [6, 6.07) is 11.2. The van der Waals surface area contributed by atoms with Crippen LogP contribution in [0.15, 0.2) is 46.0 Å².